The number of pyridine rings is 1. The molecule has 1 aliphatic heterocycles. The van der Waals surface area contributed by atoms with Gasteiger partial charge in [0.1, 0.15) is 5.82 Å². The third-order valence-electron chi connectivity index (χ3n) is 2.21. The van der Waals surface area contributed by atoms with Crippen molar-refractivity contribution in [1.29, 1.82) is 0 Å². The van der Waals surface area contributed by atoms with Gasteiger partial charge >= 0.3 is 0 Å². The van der Waals surface area contributed by atoms with E-state index in [4.69, 9.17) is 0 Å². The van der Waals surface area contributed by atoms with E-state index in [0.29, 0.717) is 0 Å². The molecule has 0 N–H and O–H groups in total. The Kier molecular flexibility index (Phi) is 2.05. The SMILES string of the molecule is Cc1cc(N2CCC2)ncc1Br. The van der Waals surface area contributed by atoms with Crippen molar-refractivity contribution in [3.63, 3.8) is 0 Å². The van der Waals surface area contributed by atoms with Crippen LogP contribution in [-0.4, -0.2) is 18.1 Å². The fourth-order valence-electron chi connectivity index (χ4n) is 1.24. The van der Waals surface area contributed by atoms with Gasteiger partial charge in [0.25, 0.3) is 0 Å². The second-order valence-electron chi connectivity index (χ2n) is 3.13. The molecule has 0 radical (unpaired) electrons. The molecule has 1 aromatic heterocycles. The number of halogens is 1. The summed E-state index contributed by atoms with van der Waals surface area (Å²) in [4.78, 5) is 6.63. The van der Waals surface area contributed by atoms with Crippen LogP contribution in [0.2, 0.25) is 0 Å². The highest BCUT2D eigenvalue weighted by atomic mass is 79.9. The van der Waals surface area contributed by atoms with E-state index in [0.717, 1.165) is 23.4 Å². The fraction of sp³-hybridized carbons (Fsp3) is 0.444. The zero-order valence-electron chi connectivity index (χ0n) is 7.05. The first-order chi connectivity index (χ1) is 5.77. The number of nitrogens with zero attached hydrogens (tertiary/aromatic N) is 2. The first-order valence-corrected chi connectivity index (χ1v) is 4.94. The highest BCUT2D eigenvalue weighted by Gasteiger charge is 2.15. The number of rotatable bonds is 1. The van der Waals surface area contributed by atoms with Crippen LogP contribution in [0.5, 0.6) is 0 Å². The third-order valence-corrected chi connectivity index (χ3v) is 3.04. The largest absolute Gasteiger partial charge is 0.356 e. The van der Waals surface area contributed by atoms with Crippen molar-refractivity contribution in [1.82, 2.24) is 4.98 Å². The van der Waals surface area contributed by atoms with E-state index < -0.39 is 0 Å². The van der Waals surface area contributed by atoms with Crippen LogP contribution in [0.1, 0.15) is 12.0 Å². The molecule has 0 saturated carbocycles. The Morgan fingerprint density at radius 2 is 2.25 bits per heavy atom. The number of hydrogen-bond acceptors (Lipinski definition) is 2. The molecule has 1 fully saturated rings. The van der Waals surface area contributed by atoms with Crippen molar-refractivity contribution in [3.05, 3.63) is 22.3 Å². The molecule has 0 atom stereocenters. The summed E-state index contributed by atoms with van der Waals surface area (Å²) in [7, 11) is 0. The minimum absolute atomic E-state index is 1.09. The first kappa shape index (κ1) is 8.05. The summed E-state index contributed by atoms with van der Waals surface area (Å²) >= 11 is 3.44. The molecule has 0 amide bonds. The standard InChI is InChI=1S/C9H11BrN2/c1-7-5-9(11-6-8(7)10)12-3-2-4-12/h5-6H,2-4H2,1H3. The molecule has 0 aromatic carbocycles. The summed E-state index contributed by atoms with van der Waals surface area (Å²) in [5, 5.41) is 0. The zero-order chi connectivity index (χ0) is 8.55. The monoisotopic (exact) mass is 226 g/mol. The van der Waals surface area contributed by atoms with Crippen molar-refractivity contribution in [2.75, 3.05) is 18.0 Å². The van der Waals surface area contributed by atoms with Gasteiger partial charge in [0, 0.05) is 23.8 Å². The van der Waals surface area contributed by atoms with E-state index in [1.54, 1.807) is 0 Å². The second kappa shape index (κ2) is 3.05. The van der Waals surface area contributed by atoms with Gasteiger partial charge in [0.05, 0.1) is 0 Å². The van der Waals surface area contributed by atoms with E-state index >= 15 is 0 Å². The molecular weight excluding hydrogens is 216 g/mol. The van der Waals surface area contributed by atoms with Gasteiger partial charge in [0.2, 0.25) is 0 Å². The Labute approximate surface area is 80.7 Å². The molecule has 1 aromatic rings. The normalized spacial score (nSPS) is 16.0. The van der Waals surface area contributed by atoms with Gasteiger partial charge in [-0.3, -0.25) is 0 Å². The average Bonchev–Trinajstić information content (AvgIpc) is 1.93. The van der Waals surface area contributed by atoms with E-state index in [9.17, 15) is 0 Å². The molecule has 1 saturated heterocycles. The number of aryl methyl sites for hydroxylation is 1. The Bertz CT molecular complexity index is 295. The molecule has 0 unspecified atom stereocenters. The molecule has 64 valence electrons. The second-order valence-corrected chi connectivity index (χ2v) is 3.99. The van der Waals surface area contributed by atoms with Crippen LogP contribution in [0.4, 0.5) is 5.82 Å². The van der Waals surface area contributed by atoms with Crippen LogP contribution in [0.15, 0.2) is 16.7 Å². The maximum Gasteiger partial charge on any atom is 0.128 e. The smallest absolute Gasteiger partial charge is 0.128 e. The van der Waals surface area contributed by atoms with Crippen LogP contribution >= 0.6 is 15.9 Å². The topological polar surface area (TPSA) is 16.1 Å². The molecule has 12 heavy (non-hydrogen) atoms. The number of hydrogen-bond donors (Lipinski definition) is 0. The molecular formula is C9H11BrN2. The van der Waals surface area contributed by atoms with Crippen molar-refractivity contribution in [2.24, 2.45) is 0 Å². The average molecular weight is 227 g/mol. The maximum atomic E-state index is 4.34. The van der Waals surface area contributed by atoms with E-state index in [1.807, 2.05) is 6.20 Å². The molecule has 0 aliphatic carbocycles. The van der Waals surface area contributed by atoms with Crippen LogP contribution in [0.25, 0.3) is 0 Å². The van der Waals surface area contributed by atoms with Crippen LogP contribution in [0.3, 0.4) is 0 Å². The van der Waals surface area contributed by atoms with Gasteiger partial charge in [-0.2, -0.15) is 0 Å². The molecule has 2 heterocycles. The van der Waals surface area contributed by atoms with Gasteiger partial charge in [-0.15, -0.1) is 0 Å². The third kappa shape index (κ3) is 1.33. The lowest BCUT2D eigenvalue weighted by molar-refractivity contribution is 0.609. The lowest BCUT2D eigenvalue weighted by atomic mass is 10.2. The van der Waals surface area contributed by atoms with Crippen molar-refractivity contribution in [3.8, 4) is 0 Å². The Hall–Kier alpha value is -0.570. The minimum Gasteiger partial charge on any atom is -0.356 e. The molecule has 2 nitrogen and oxygen atoms in total. The molecule has 2 rings (SSSR count). The lowest BCUT2D eigenvalue weighted by Crippen LogP contribution is -2.37. The lowest BCUT2D eigenvalue weighted by Gasteiger charge is -2.32. The first-order valence-electron chi connectivity index (χ1n) is 4.14. The Morgan fingerprint density at radius 1 is 1.50 bits per heavy atom. The number of anilines is 1. The van der Waals surface area contributed by atoms with E-state index in [1.165, 1.54) is 12.0 Å². The highest BCUT2D eigenvalue weighted by Crippen LogP contribution is 2.22. The zero-order valence-corrected chi connectivity index (χ0v) is 8.63. The van der Waals surface area contributed by atoms with Gasteiger partial charge < -0.3 is 4.90 Å². The summed E-state index contributed by atoms with van der Waals surface area (Å²) in [6, 6.07) is 2.13. The van der Waals surface area contributed by atoms with Gasteiger partial charge in [0.15, 0.2) is 0 Å². The van der Waals surface area contributed by atoms with Crippen LogP contribution in [-0.2, 0) is 0 Å². The molecule has 0 spiro atoms. The predicted octanol–water partition coefficient (Wildman–Crippen LogP) is 2.36. The molecule has 1 aliphatic rings. The van der Waals surface area contributed by atoms with Crippen LogP contribution < -0.4 is 4.90 Å². The summed E-state index contributed by atoms with van der Waals surface area (Å²) in [6.45, 7) is 4.41. The Balaban J connectivity index is 2.27. The predicted molar refractivity (Wildman–Crippen MR) is 53.5 cm³/mol. The van der Waals surface area contributed by atoms with Gasteiger partial charge in [-0.25, -0.2) is 4.98 Å². The summed E-state index contributed by atoms with van der Waals surface area (Å²) < 4.78 is 1.09. The number of aromatic nitrogens is 1. The van der Waals surface area contributed by atoms with E-state index in [2.05, 4.69) is 38.8 Å². The molecule has 0 bridgehead atoms. The quantitative estimate of drug-likeness (QED) is 0.732. The van der Waals surface area contributed by atoms with Crippen LogP contribution in [0, 0.1) is 6.92 Å². The highest BCUT2D eigenvalue weighted by molar-refractivity contribution is 9.10. The van der Waals surface area contributed by atoms with Crippen molar-refractivity contribution >= 4 is 21.7 Å². The maximum absolute atomic E-state index is 4.34. The van der Waals surface area contributed by atoms with Gasteiger partial charge in [-0.05, 0) is 40.9 Å². The summed E-state index contributed by atoms with van der Waals surface area (Å²) in [5.74, 6) is 1.11. The van der Waals surface area contributed by atoms with E-state index in [-0.39, 0.29) is 0 Å². The Morgan fingerprint density at radius 3 is 2.75 bits per heavy atom. The van der Waals surface area contributed by atoms with Crippen molar-refractivity contribution in [2.45, 2.75) is 13.3 Å². The summed E-state index contributed by atoms with van der Waals surface area (Å²) in [6.07, 6.45) is 3.18. The van der Waals surface area contributed by atoms with Crippen molar-refractivity contribution < 1.29 is 0 Å². The fourth-order valence-corrected chi connectivity index (χ4v) is 1.46. The summed E-state index contributed by atoms with van der Waals surface area (Å²) in [5.41, 5.74) is 1.26. The van der Waals surface area contributed by atoms with Gasteiger partial charge in [-0.1, -0.05) is 0 Å². The minimum atomic E-state index is 1.09. The molecule has 3 heteroatoms.